The van der Waals surface area contributed by atoms with Crippen molar-refractivity contribution in [3.05, 3.63) is 52.1 Å². The molecule has 200 valence electrons. The van der Waals surface area contributed by atoms with E-state index in [1.807, 2.05) is 0 Å². The minimum absolute atomic E-state index is 0.196. The number of aromatic nitrogens is 1. The Kier molecular flexibility index (Phi) is 8.58. The van der Waals surface area contributed by atoms with Crippen LogP contribution in [0.25, 0.3) is 11.6 Å². The predicted octanol–water partition coefficient (Wildman–Crippen LogP) is 4.07. The number of carbonyl (C=O) groups is 3. The van der Waals surface area contributed by atoms with Crippen molar-refractivity contribution in [3.63, 3.8) is 0 Å². The number of likely N-dealkylation sites (N-methyl/N-ethyl adjacent to an activating group) is 1. The maximum absolute atomic E-state index is 14.2. The number of aromatic amines is 1. The Balaban J connectivity index is 1.90. The van der Waals surface area contributed by atoms with Crippen LogP contribution >= 0.6 is 0 Å². The summed E-state index contributed by atoms with van der Waals surface area (Å²) in [7, 11) is 0. The smallest absolute Gasteiger partial charge is 0.326 e. The zero-order valence-corrected chi connectivity index (χ0v) is 22.8. The zero-order valence-electron chi connectivity index (χ0n) is 22.8. The highest BCUT2D eigenvalue weighted by Gasteiger charge is 2.35. The Labute approximate surface area is 217 Å². The third-order valence-corrected chi connectivity index (χ3v) is 6.32. The minimum atomic E-state index is -0.703. The van der Waals surface area contributed by atoms with Gasteiger partial charge < -0.3 is 19.9 Å². The number of hydrogen-bond donors (Lipinski definition) is 2. The molecule has 2 heterocycles. The van der Waals surface area contributed by atoms with Gasteiger partial charge in [-0.2, -0.15) is 0 Å². The van der Waals surface area contributed by atoms with Gasteiger partial charge in [0.2, 0.25) is 0 Å². The molecule has 0 bridgehead atoms. The van der Waals surface area contributed by atoms with E-state index in [-0.39, 0.29) is 18.0 Å². The van der Waals surface area contributed by atoms with Gasteiger partial charge in [-0.3, -0.25) is 19.3 Å². The second-order valence-electron chi connectivity index (χ2n) is 10.1. The molecule has 9 heteroatoms. The van der Waals surface area contributed by atoms with Crippen LogP contribution in [0.5, 0.6) is 0 Å². The average molecular weight is 513 g/mol. The van der Waals surface area contributed by atoms with E-state index in [9.17, 15) is 18.8 Å². The van der Waals surface area contributed by atoms with Crippen molar-refractivity contribution in [2.75, 3.05) is 37.6 Å². The third-order valence-electron chi connectivity index (χ3n) is 6.32. The van der Waals surface area contributed by atoms with Gasteiger partial charge in [0.25, 0.3) is 11.8 Å². The number of carbonyl (C=O) groups excluding carboxylic acids is 3. The molecule has 1 aliphatic heterocycles. The molecule has 0 fully saturated rings. The number of esters is 1. The molecule has 8 nitrogen and oxygen atoms in total. The molecule has 2 aromatic rings. The number of nitrogens with one attached hydrogen (secondary N) is 2. The number of nitrogens with zero attached hydrogens (tertiary/aromatic N) is 2. The number of aryl methyl sites for hydroxylation is 1. The van der Waals surface area contributed by atoms with E-state index in [1.54, 1.807) is 40.7 Å². The molecule has 1 aliphatic rings. The number of ether oxygens (including phenoxy) is 1. The van der Waals surface area contributed by atoms with Crippen LogP contribution in [0.2, 0.25) is 0 Å². The summed E-state index contributed by atoms with van der Waals surface area (Å²) in [5.74, 6) is -1.70. The summed E-state index contributed by atoms with van der Waals surface area (Å²) < 4.78 is 19.6. The number of halogens is 1. The summed E-state index contributed by atoms with van der Waals surface area (Å²) in [4.78, 5) is 45.5. The first-order valence-corrected chi connectivity index (χ1v) is 12.6. The van der Waals surface area contributed by atoms with Crippen molar-refractivity contribution in [2.45, 2.75) is 54.1 Å². The van der Waals surface area contributed by atoms with Crippen molar-refractivity contribution >= 4 is 35.1 Å². The highest BCUT2D eigenvalue weighted by Crippen LogP contribution is 2.38. The Morgan fingerprint density at radius 2 is 1.86 bits per heavy atom. The lowest BCUT2D eigenvalue weighted by Gasteiger charge is -2.22. The SMILES string of the molecule is CCN(CC)CCNC(=O)c1c(C)[nH]c(/C=C2\C(=O)N(CC(=O)OC(C)(C)C)c3ccc(F)cc32)c1C. The number of anilines is 1. The molecule has 1 aromatic carbocycles. The van der Waals surface area contributed by atoms with E-state index in [2.05, 4.69) is 29.0 Å². The first-order valence-electron chi connectivity index (χ1n) is 12.6. The number of hydrogen-bond acceptors (Lipinski definition) is 5. The molecule has 2 amide bonds. The maximum Gasteiger partial charge on any atom is 0.326 e. The van der Waals surface area contributed by atoms with Gasteiger partial charge in [0, 0.05) is 30.0 Å². The number of H-pyrrole nitrogens is 1. The molecule has 0 aliphatic carbocycles. The van der Waals surface area contributed by atoms with Crippen LogP contribution < -0.4 is 10.2 Å². The normalized spacial score (nSPS) is 14.5. The van der Waals surface area contributed by atoms with E-state index in [1.165, 1.54) is 23.1 Å². The molecule has 0 saturated carbocycles. The van der Waals surface area contributed by atoms with Crippen molar-refractivity contribution in [3.8, 4) is 0 Å². The third kappa shape index (κ3) is 6.46. The van der Waals surface area contributed by atoms with Crippen molar-refractivity contribution in [1.82, 2.24) is 15.2 Å². The van der Waals surface area contributed by atoms with Gasteiger partial charge in [-0.25, -0.2) is 4.39 Å². The molecule has 2 N–H and O–H groups in total. The molecule has 1 aromatic heterocycles. The fourth-order valence-electron chi connectivity index (χ4n) is 4.49. The van der Waals surface area contributed by atoms with Gasteiger partial charge in [0.05, 0.1) is 16.8 Å². The van der Waals surface area contributed by atoms with Crippen molar-refractivity contribution < 1.29 is 23.5 Å². The molecule has 0 unspecified atom stereocenters. The summed E-state index contributed by atoms with van der Waals surface area (Å²) in [6.45, 7) is 15.8. The molecule has 37 heavy (non-hydrogen) atoms. The molecule has 0 atom stereocenters. The van der Waals surface area contributed by atoms with E-state index in [0.717, 1.165) is 19.6 Å². The fraction of sp³-hybridized carbons (Fsp3) is 0.464. The summed E-state index contributed by atoms with van der Waals surface area (Å²) in [6.07, 6.45) is 1.62. The summed E-state index contributed by atoms with van der Waals surface area (Å²) in [5.41, 5.74) is 2.78. The van der Waals surface area contributed by atoms with Crippen LogP contribution in [0.15, 0.2) is 18.2 Å². The van der Waals surface area contributed by atoms with Crippen LogP contribution in [0, 0.1) is 19.7 Å². The molecule has 0 saturated heterocycles. The second-order valence-corrected chi connectivity index (χ2v) is 10.1. The van der Waals surface area contributed by atoms with Crippen molar-refractivity contribution in [1.29, 1.82) is 0 Å². The van der Waals surface area contributed by atoms with E-state index < -0.39 is 23.3 Å². The average Bonchev–Trinajstić information content (AvgIpc) is 3.22. The fourth-order valence-corrected chi connectivity index (χ4v) is 4.49. The lowest BCUT2D eigenvalue weighted by molar-refractivity contribution is -0.153. The highest BCUT2D eigenvalue weighted by atomic mass is 19.1. The van der Waals surface area contributed by atoms with Crippen LogP contribution in [0.1, 0.15) is 67.5 Å². The lowest BCUT2D eigenvalue weighted by Crippen LogP contribution is -2.36. The minimum Gasteiger partial charge on any atom is -0.459 e. The standard InChI is InChI=1S/C28H37FN4O4/c1-8-32(9-2)13-12-30-26(35)25-17(3)22(31-18(25)4)15-21-20-14-19(29)10-11-23(20)33(27(21)36)16-24(34)37-28(5,6)7/h10-11,14-15,31H,8-9,12-13,16H2,1-7H3,(H,30,35)/b21-15-. The van der Waals surface area contributed by atoms with Gasteiger partial charge in [-0.05, 0) is 77.5 Å². The number of amides is 2. The summed E-state index contributed by atoms with van der Waals surface area (Å²) >= 11 is 0. The van der Waals surface area contributed by atoms with Crippen LogP contribution in [-0.2, 0) is 14.3 Å². The van der Waals surface area contributed by atoms with Crippen LogP contribution in [0.4, 0.5) is 10.1 Å². The number of fused-ring (bicyclic) bond motifs is 1. The predicted molar refractivity (Wildman–Crippen MR) is 143 cm³/mol. The summed E-state index contributed by atoms with van der Waals surface area (Å²) in [6, 6.07) is 4.01. The number of benzene rings is 1. The van der Waals surface area contributed by atoms with Gasteiger partial charge in [0.1, 0.15) is 18.0 Å². The Bertz CT molecular complexity index is 1220. The second kappa shape index (κ2) is 11.3. The van der Waals surface area contributed by atoms with Gasteiger partial charge in [0.15, 0.2) is 0 Å². The molecule has 3 rings (SSSR count). The molecular weight excluding hydrogens is 475 g/mol. The first kappa shape index (κ1) is 28.1. The van der Waals surface area contributed by atoms with E-state index >= 15 is 0 Å². The van der Waals surface area contributed by atoms with Gasteiger partial charge in [-0.1, -0.05) is 13.8 Å². The van der Waals surface area contributed by atoms with Crippen LogP contribution in [-0.4, -0.2) is 66.0 Å². The monoisotopic (exact) mass is 512 g/mol. The Morgan fingerprint density at radius 3 is 2.49 bits per heavy atom. The van der Waals surface area contributed by atoms with Gasteiger partial charge >= 0.3 is 5.97 Å². The van der Waals surface area contributed by atoms with Crippen LogP contribution in [0.3, 0.4) is 0 Å². The topological polar surface area (TPSA) is 94.7 Å². The van der Waals surface area contributed by atoms with Gasteiger partial charge in [-0.15, -0.1) is 0 Å². The maximum atomic E-state index is 14.2. The first-order chi connectivity index (χ1) is 17.4. The Morgan fingerprint density at radius 1 is 1.19 bits per heavy atom. The largest absolute Gasteiger partial charge is 0.459 e. The highest BCUT2D eigenvalue weighted by molar-refractivity contribution is 6.36. The number of rotatable bonds is 9. The molecule has 0 spiro atoms. The van der Waals surface area contributed by atoms with E-state index in [4.69, 9.17) is 4.74 Å². The summed E-state index contributed by atoms with van der Waals surface area (Å²) in [5, 5.41) is 2.97. The van der Waals surface area contributed by atoms with Crippen molar-refractivity contribution in [2.24, 2.45) is 0 Å². The molecule has 0 radical (unpaired) electrons. The Hall–Kier alpha value is -3.46. The quantitative estimate of drug-likeness (QED) is 0.390. The van der Waals surface area contributed by atoms with E-state index in [0.29, 0.717) is 40.3 Å². The zero-order chi connectivity index (χ0) is 27.5. The molecular formula is C28H37FN4O4. The lowest BCUT2D eigenvalue weighted by atomic mass is 10.0.